The molecular weight excluding hydrogens is 550 g/mol. The maximum atomic E-state index is 13.8. The van der Waals surface area contributed by atoms with Gasteiger partial charge >= 0.3 is 0 Å². The molecule has 3 amide bonds. The van der Waals surface area contributed by atoms with Gasteiger partial charge in [-0.05, 0) is 62.4 Å². The molecule has 0 saturated carbocycles. The van der Waals surface area contributed by atoms with Gasteiger partial charge in [0.15, 0.2) is 12.7 Å². The summed E-state index contributed by atoms with van der Waals surface area (Å²) in [5.41, 5.74) is 3.79. The molecule has 0 aromatic heterocycles. The number of carbonyl (C=O) groups is 3. The fourth-order valence-corrected chi connectivity index (χ4v) is 6.20. The first-order chi connectivity index (χ1) is 20.1. The van der Waals surface area contributed by atoms with Crippen molar-refractivity contribution in [3.63, 3.8) is 0 Å². The number of carbonyl (C=O) groups excluding carboxylic acids is 3. The molecule has 1 fully saturated rings. The highest BCUT2D eigenvalue weighted by atomic mass is 32.2. The smallest absolute Gasteiger partial charge is 0.258 e. The van der Waals surface area contributed by atoms with Crippen LogP contribution >= 0.6 is 11.8 Å². The molecule has 1 heterocycles. The number of nitrogens with zero attached hydrogens (tertiary/aromatic N) is 1. The predicted molar refractivity (Wildman–Crippen MR) is 165 cm³/mol. The van der Waals surface area contributed by atoms with Crippen molar-refractivity contribution in [3.8, 4) is 5.75 Å². The first kappa shape index (κ1) is 31.1. The molecule has 3 N–H and O–H groups in total. The quantitative estimate of drug-likeness (QED) is 0.314. The lowest BCUT2D eigenvalue weighted by Crippen LogP contribution is -2.59. The minimum absolute atomic E-state index is 0.221. The Labute approximate surface area is 251 Å². The lowest BCUT2D eigenvalue weighted by molar-refractivity contribution is -0.148. The van der Waals surface area contributed by atoms with Crippen molar-refractivity contribution in [1.82, 2.24) is 15.5 Å². The van der Waals surface area contributed by atoms with Gasteiger partial charge in [-0.2, -0.15) is 0 Å². The number of ether oxygens (including phenoxy) is 1. The summed E-state index contributed by atoms with van der Waals surface area (Å²) in [5, 5.41) is 17.2. The fourth-order valence-electron chi connectivity index (χ4n) is 5.06. The number of hydrogen-bond acceptors (Lipinski definition) is 6. The zero-order valence-corrected chi connectivity index (χ0v) is 25.3. The highest BCUT2D eigenvalue weighted by Crippen LogP contribution is 2.40. The van der Waals surface area contributed by atoms with Crippen molar-refractivity contribution in [1.29, 1.82) is 0 Å². The Morgan fingerprint density at radius 1 is 0.976 bits per heavy atom. The minimum Gasteiger partial charge on any atom is -0.484 e. The van der Waals surface area contributed by atoms with E-state index in [-0.39, 0.29) is 24.8 Å². The molecule has 0 bridgehead atoms. The van der Waals surface area contributed by atoms with Gasteiger partial charge in [0.05, 0.1) is 11.9 Å². The SMILES string of the molecule is Cc1ccccc1CNC(=O)C1N(C(=O)C(O)C(Cc2ccccc2)NC(=O)COc2ccccc2C)CSC1(C)C. The van der Waals surface area contributed by atoms with E-state index in [1.807, 2.05) is 100 Å². The number of aliphatic hydroxyl groups is 1. The van der Waals surface area contributed by atoms with E-state index in [0.717, 1.165) is 22.3 Å². The maximum Gasteiger partial charge on any atom is 0.258 e. The molecule has 0 spiro atoms. The van der Waals surface area contributed by atoms with E-state index < -0.39 is 34.7 Å². The van der Waals surface area contributed by atoms with Crippen LogP contribution < -0.4 is 15.4 Å². The molecule has 42 heavy (non-hydrogen) atoms. The maximum absolute atomic E-state index is 13.8. The second kappa shape index (κ2) is 13.9. The van der Waals surface area contributed by atoms with Gasteiger partial charge in [-0.1, -0.05) is 72.8 Å². The van der Waals surface area contributed by atoms with Crippen molar-refractivity contribution in [3.05, 3.63) is 101 Å². The Morgan fingerprint density at radius 2 is 1.62 bits per heavy atom. The highest BCUT2D eigenvalue weighted by Gasteiger charge is 2.49. The molecule has 3 atom stereocenters. The monoisotopic (exact) mass is 589 g/mol. The Hall–Kier alpha value is -3.82. The number of rotatable bonds is 11. The van der Waals surface area contributed by atoms with Crippen molar-refractivity contribution in [2.75, 3.05) is 12.5 Å². The Morgan fingerprint density at radius 3 is 2.31 bits per heavy atom. The summed E-state index contributed by atoms with van der Waals surface area (Å²) in [5.74, 6) is -0.531. The first-order valence-electron chi connectivity index (χ1n) is 14.0. The van der Waals surface area contributed by atoms with Crippen molar-refractivity contribution in [2.45, 2.75) is 63.6 Å². The summed E-state index contributed by atoms with van der Waals surface area (Å²) in [6, 6.07) is 22.8. The normalized spacial score (nSPS) is 17.3. The highest BCUT2D eigenvalue weighted by molar-refractivity contribution is 8.00. The van der Waals surface area contributed by atoms with Crippen molar-refractivity contribution >= 4 is 29.5 Å². The summed E-state index contributed by atoms with van der Waals surface area (Å²) in [6.07, 6.45) is -1.35. The van der Waals surface area contributed by atoms with E-state index >= 15 is 0 Å². The molecule has 4 rings (SSSR count). The van der Waals surface area contributed by atoms with Crippen LogP contribution in [0.2, 0.25) is 0 Å². The number of amides is 3. The van der Waals surface area contributed by atoms with E-state index in [2.05, 4.69) is 10.6 Å². The molecular formula is C33H39N3O5S. The van der Waals surface area contributed by atoms with Crippen LogP contribution in [0.4, 0.5) is 0 Å². The Bertz CT molecular complexity index is 1400. The molecule has 8 nitrogen and oxygen atoms in total. The molecule has 1 aliphatic heterocycles. The lowest BCUT2D eigenvalue weighted by atomic mass is 9.97. The third-order valence-electron chi connectivity index (χ3n) is 7.52. The van der Waals surface area contributed by atoms with Crippen LogP contribution in [0.25, 0.3) is 0 Å². The summed E-state index contributed by atoms with van der Waals surface area (Å²) in [4.78, 5) is 41.7. The van der Waals surface area contributed by atoms with Gasteiger partial charge < -0.3 is 25.4 Å². The molecule has 0 aliphatic carbocycles. The average Bonchev–Trinajstić information content (AvgIpc) is 3.30. The van der Waals surface area contributed by atoms with Gasteiger partial charge in [0.1, 0.15) is 11.8 Å². The topological polar surface area (TPSA) is 108 Å². The van der Waals surface area contributed by atoms with Crippen LogP contribution in [0.3, 0.4) is 0 Å². The third kappa shape index (κ3) is 7.72. The van der Waals surface area contributed by atoms with Crippen LogP contribution in [-0.2, 0) is 27.3 Å². The third-order valence-corrected chi connectivity index (χ3v) is 8.90. The van der Waals surface area contributed by atoms with Crippen molar-refractivity contribution < 1.29 is 24.2 Å². The number of hydrogen-bond donors (Lipinski definition) is 3. The fraction of sp³-hybridized carbons (Fsp3) is 0.364. The van der Waals surface area contributed by atoms with Crippen LogP contribution in [0, 0.1) is 13.8 Å². The summed E-state index contributed by atoms with van der Waals surface area (Å²) >= 11 is 1.48. The molecule has 3 unspecified atom stereocenters. The standard InChI is InChI=1S/C33H39N3O5S/c1-22-12-8-10-16-25(22)19-34-31(39)30-33(3,4)42-21-36(30)32(40)29(38)26(18-24-14-6-5-7-15-24)35-28(37)20-41-27-17-11-9-13-23(27)2/h5-17,26,29-30,38H,18-21H2,1-4H3,(H,34,39)(H,35,37). The second-order valence-electron chi connectivity index (χ2n) is 11.1. The van der Waals surface area contributed by atoms with Crippen LogP contribution in [-0.4, -0.2) is 63.1 Å². The summed E-state index contributed by atoms with van der Waals surface area (Å²) < 4.78 is 5.11. The molecule has 0 radical (unpaired) electrons. The Balaban J connectivity index is 1.48. The molecule has 9 heteroatoms. The van der Waals surface area contributed by atoms with Gasteiger partial charge in [0.25, 0.3) is 11.8 Å². The number of aliphatic hydroxyl groups excluding tert-OH is 1. The van der Waals surface area contributed by atoms with Gasteiger partial charge in [-0.15, -0.1) is 11.8 Å². The van der Waals surface area contributed by atoms with Crippen LogP contribution in [0.15, 0.2) is 78.9 Å². The van der Waals surface area contributed by atoms with E-state index in [0.29, 0.717) is 12.3 Å². The zero-order chi connectivity index (χ0) is 30.3. The van der Waals surface area contributed by atoms with E-state index in [1.54, 1.807) is 6.07 Å². The predicted octanol–water partition coefficient (Wildman–Crippen LogP) is 3.77. The van der Waals surface area contributed by atoms with Gasteiger partial charge in [-0.25, -0.2) is 0 Å². The lowest BCUT2D eigenvalue weighted by Gasteiger charge is -2.33. The molecule has 1 aliphatic rings. The van der Waals surface area contributed by atoms with Crippen LogP contribution in [0.5, 0.6) is 5.75 Å². The molecule has 1 saturated heterocycles. The van der Waals surface area contributed by atoms with E-state index in [1.165, 1.54) is 16.7 Å². The first-order valence-corrected chi connectivity index (χ1v) is 15.0. The van der Waals surface area contributed by atoms with Crippen molar-refractivity contribution in [2.24, 2.45) is 0 Å². The largest absolute Gasteiger partial charge is 0.484 e. The molecule has 3 aromatic rings. The van der Waals surface area contributed by atoms with Gasteiger partial charge in [0.2, 0.25) is 5.91 Å². The summed E-state index contributed by atoms with van der Waals surface area (Å²) in [6.45, 7) is 7.77. The van der Waals surface area contributed by atoms with E-state index in [9.17, 15) is 19.5 Å². The minimum atomic E-state index is -1.58. The average molecular weight is 590 g/mol. The van der Waals surface area contributed by atoms with Crippen LogP contribution in [0.1, 0.15) is 36.1 Å². The number of benzene rings is 3. The van der Waals surface area contributed by atoms with E-state index in [4.69, 9.17) is 4.74 Å². The molecule has 222 valence electrons. The number of aryl methyl sites for hydroxylation is 2. The molecule has 3 aromatic carbocycles. The zero-order valence-electron chi connectivity index (χ0n) is 24.5. The van der Waals surface area contributed by atoms with Gasteiger partial charge in [0, 0.05) is 11.3 Å². The summed E-state index contributed by atoms with van der Waals surface area (Å²) in [7, 11) is 0. The Kier molecular flexibility index (Phi) is 10.3. The number of thioether (sulfide) groups is 1. The second-order valence-corrected chi connectivity index (χ2v) is 12.7. The number of nitrogens with one attached hydrogen (secondary N) is 2. The van der Waals surface area contributed by atoms with Gasteiger partial charge in [-0.3, -0.25) is 14.4 Å². The number of para-hydroxylation sites is 1.